The van der Waals surface area contributed by atoms with Crippen molar-refractivity contribution < 1.29 is 8.42 Å². The molecule has 2 aromatic carbocycles. The Labute approximate surface area is 191 Å². The number of benzene rings is 2. The van der Waals surface area contributed by atoms with Gasteiger partial charge in [-0.1, -0.05) is 58.0 Å². The molecular formula is C24H34N4O3S. The second-order valence-corrected chi connectivity index (χ2v) is 8.84. The molecule has 7 nitrogen and oxygen atoms in total. The second kappa shape index (κ2) is 11.9. The number of aromatic nitrogens is 2. The lowest BCUT2D eigenvalue weighted by Crippen LogP contribution is -2.49. The van der Waals surface area contributed by atoms with E-state index in [9.17, 15) is 13.2 Å². The largest absolute Gasteiger partial charge is 0.309 e. The van der Waals surface area contributed by atoms with Gasteiger partial charge >= 0.3 is 0 Å². The minimum absolute atomic E-state index is 0.112. The van der Waals surface area contributed by atoms with Gasteiger partial charge in [0, 0.05) is 26.2 Å². The van der Waals surface area contributed by atoms with Gasteiger partial charge in [0.15, 0.2) is 0 Å². The molecule has 174 valence electrons. The van der Waals surface area contributed by atoms with E-state index < -0.39 is 10.0 Å². The Balaban J connectivity index is 0.000000860. The molecule has 0 aliphatic carbocycles. The van der Waals surface area contributed by atoms with E-state index in [1.165, 1.54) is 4.31 Å². The summed E-state index contributed by atoms with van der Waals surface area (Å²) in [7, 11) is -3.48. The van der Waals surface area contributed by atoms with Gasteiger partial charge in [0.1, 0.15) is 5.82 Å². The first-order valence-corrected chi connectivity index (χ1v) is 12.7. The molecule has 0 saturated carbocycles. The van der Waals surface area contributed by atoms with Crippen molar-refractivity contribution in [1.82, 2.24) is 19.2 Å². The number of fused-ring (bicyclic) bond motifs is 1. The third-order valence-electron chi connectivity index (χ3n) is 5.23. The summed E-state index contributed by atoms with van der Waals surface area (Å²) >= 11 is 0. The van der Waals surface area contributed by atoms with Crippen molar-refractivity contribution in [3.63, 3.8) is 0 Å². The first kappa shape index (κ1) is 25.7. The third-order valence-corrected chi connectivity index (χ3v) is 7.14. The highest BCUT2D eigenvalue weighted by Gasteiger charge is 2.30. The summed E-state index contributed by atoms with van der Waals surface area (Å²) in [4.78, 5) is 22.3. The van der Waals surface area contributed by atoms with Crippen molar-refractivity contribution in [2.24, 2.45) is 0 Å². The molecule has 1 unspecified atom stereocenters. The molecule has 0 radical (unpaired) electrons. The van der Waals surface area contributed by atoms with Crippen LogP contribution in [-0.2, 0) is 10.0 Å². The molecule has 0 bridgehead atoms. The molecule has 2 heterocycles. The second-order valence-electron chi connectivity index (χ2n) is 6.90. The minimum atomic E-state index is -3.48. The number of para-hydroxylation sites is 1. The number of aromatic amines is 1. The fraction of sp³-hybridized carbons (Fsp3) is 0.417. The Morgan fingerprint density at radius 3 is 2.06 bits per heavy atom. The maximum Gasteiger partial charge on any atom is 0.258 e. The van der Waals surface area contributed by atoms with E-state index in [0.717, 1.165) is 0 Å². The summed E-state index contributed by atoms with van der Waals surface area (Å²) in [5.41, 5.74) is 0.510. The van der Waals surface area contributed by atoms with E-state index in [0.29, 0.717) is 47.8 Å². The number of piperazine rings is 1. The zero-order valence-corrected chi connectivity index (χ0v) is 20.4. The van der Waals surface area contributed by atoms with Crippen LogP contribution in [0.2, 0.25) is 0 Å². The van der Waals surface area contributed by atoms with Gasteiger partial charge in [-0.3, -0.25) is 9.69 Å². The Kier molecular flexibility index (Phi) is 9.56. The molecular weight excluding hydrogens is 424 g/mol. The van der Waals surface area contributed by atoms with Gasteiger partial charge < -0.3 is 4.98 Å². The predicted molar refractivity (Wildman–Crippen MR) is 130 cm³/mol. The van der Waals surface area contributed by atoms with Crippen LogP contribution < -0.4 is 5.56 Å². The summed E-state index contributed by atoms with van der Waals surface area (Å²) in [5, 5.41) is 0.567. The molecule has 3 aromatic rings. The highest BCUT2D eigenvalue weighted by Crippen LogP contribution is 2.22. The Morgan fingerprint density at radius 1 is 0.875 bits per heavy atom. The van der Waals surface area contributed by atoms with E-state index in [-0.39, 0.29) is 11.6 Å². The fourth-order valence-electron chi connectivity index (χ4n) is 3.55. The van der Waals surface area contributed by atoms with Gasteiger partial charge in [-0.25, -0.2) is 13.4 Å². The average Bonchev–Trinajstić information content (AvgIpc) is 2.86. The van der Waals surface area contributed by atoms with Crippen LogP contribution >= 0.6 is 0 Å². The van der Waals surface area contributed by atoms with E-state index >= 15 is 0 Å². The van der Waals surface area contributed by atoms with Crippen molar-refractivity contribution in [2.45, 2.75) is 45.6 Å². The van der Waals surface area contributed by atoms with Gasteiger partial charge in [0.2, 0.25) is 10.0 Å². The first-order chi connectivity index (χ1) is 15.5. The Bertz CT molecular complexity index is 1140. The number of H-pyrrole nitrogens is 1. The summed E-state index contributed by atoms with van der Waals surface area (Å²) in [6.07, 6.45) is 0. The van der Waals surface area contributed by atoms with Gasteiger partial charge in [-0.2, -0.15) is 4.31 Å². The third kappa shape index (κ3) is 5.62. The van der Waals surface area contributed by atoms with Crippen LogP contribution in [0.3, 0.4) is 0 Å². The lowest BCUT2D eigenvalue weighted by Gasteiger charge is -2.36. The van der Waals surface area contributed by atoms with Gasteiger partial charge in [-0.15, -0.1) is 0 Å². The number of nitrogens with zero attached hydrogens (tertiary/aromatic N) is 3. The van der Waals surface area contributed by atoms with Crippen molar-refractivity contribution in [3.05, 3.63) is 70.8 Å². The summed E-state index contributed by atoms with van der Waals surface area (Å²) in [6, 6.07) is 15.6. The molecule has 1 N–H and O–H groups in total. The van der Waals surface area contributed by atoms with Gasteiger partial charge in [0.25, 0.3) is 5.56 Å². The van der Waals surface area contributed by atoms with Crippen LogP contribution in [0.1, 0.15) is 46.5 Å². The smallest absolute Gasteiger partial charge is 0.258 e. The Morgan fingerprint density at radius 2 is 1.44 bits per heavy atom. The van der Waals surface area contributed by atoms with E-state index in [4.69, 9.17) is 0 Å². The van der Waals surface area contributed by atoms with E-state index in [2.05, 4.69) is 14.9 Å². The van der Waals surface area contributed by atoms with Crippen LogP contribution in [0.25, 0.3) is 10.9 Å². The molecule has 1 saturated heterocycles. The summed E-state index contributed by atoms with van der Waals surface area (Å²) < 4.78 is 27.1. The molecule has 1 fully saturated rings. The number of hydrogen-bond donors (Lipinski definition) is 1. The molecule has 1 aliphatic heterocycles. The number of rotatable bonds is 4. The fourth-order valence-corrected chi connectivity index (χ4v) is 4.99. The molecule has 1 aliphatic rings. The van der Waals surface area contributed by atoms with Crippen molar-refractivity contribution >= 4 is 20.9 Å². The Hall–Kier alpha value is -2.55. The highest BCUT2D eigenvalue weighted by molar-refractivity contribution is 7.89. The van der Waals surface area contributed by atoms with Crippen molar-refractivity contribution in [3.8, 4) is 0 Å². The standard InChI is InChI=1S/C20H22N4O3S.2C2H6/c1-15(19-21-18-10-6-5-9-17(18)20(25)22-19)23-11-13-24(14-12-23)28(26,27)16-7-3-2-4-8-16;2*1-2/h2-10,15H,11-14H2,1H3,(H,21,22,25);2*1-2H3. The lowest BCUT2D eigenvalue weighted by atomic mass is 10.2. The van der Waals surface area contributed by atoms with E-state index in [1.807, 2.05) is 52.8 Å². The topological polar surface area (TPSA) is 86.4 Å². The van der Waals surface area contributed by atoms with Crippen LogP contribution in [-0.4, -0.2) is 53.8 Å². The molecule has 32 heavy (non-hydrogen) atoms. The van der Waals surface area contributed by atoms with Crippen molar-refractivity contribution in [2.75, 3.05) is 26.2 Å². The molecule has 1 atom stereocenters. The SMILES string of the molecule is CC.CC.CC(c1nc2ccccc2c(=O)[nH]1)N1CCN(S(=O)(=O)c2ccccc2)CC1. The molecule has 1 aromatic heterocycles. The minimum Gasteiger partial charge on any atom is -0.309 e. The number of nitrogens with one attached hydrogen (secondary N) is 1. The zero-order valence-electron chi connectivity index (χ0n) is 19.6. The predicted octanol–water partition coefficient (Wildman–Crippen LogP) is 4.04. The van der Waals surface area contributed by atoms with Crippen molar-refractivity contribution in [1.29, 1.82) is 0 Å². The lowest BCUT2D eigenvalue weighted by molar-refractivity contribution is 0.141. The van der Waals surface area contributed by atoms with Crippen LogP contribution in [0, 0.1) is 0 Å². The van der Waals surface area contributed by atoms with Crippen LogP contribution in [0.4, 0.5) is 0 Å². The monoisotopic (exact) mass is 458 g/mol. The zero-order chi connectivity index (χ0) is 23.7. The molecule has 0 spiro atoms. The number of sulfonamides is 1. The number of hydrogen-bond acceptors (Lipinski definition) is 5. The first-order valence-electron chi connectivity index (χ1n) is 11.2. The summed E-state index contributed by atoms with van der Waals surface area (Å²) in [5.74, 6) is 0.600. The van der Waals surface area contributed by atoms with E-state index in [1.54, 1.807) is 36.4 Å². The molecule has 8 heteroatoms. The quantitative estimate of drug-likeness (QED) is 0.638. The summed E-state index contributed by atoms with van der Waals surface area (Å²) in [6.45, 7) is 11.9. The van der Waals surface area contributed by atoms with Gasteiger partial charge in [-0.05, 0) is 31.2 Å². The molecule has 0 amide bonds. The molecule has 4 rings (SSSR count). The average molecular weight is 459 g/mol. The van der Waals surface area contributed by atoms with Crippen LogP contribution in [0.5, 0.6) is 0 Å². The van der Waals surface area contributed by atoms with Gasteiger partial charge in [0.05, 0.1) is 21.8 Å². The normalized spacial score (nSPS) is 15.8. The van der Waals surface area contributed by atoms with Crippen LogP contribution in [0.15, 0.2) is 64.3 Å². The highest BCUT2D eigenvalue weighted by atomic mass is 32.2. The maximum atomic E-state index is 12.8. The maximum absolute atomic E-state index is 12.8.